The fourth-order valence-electron chi connectivity index (χ4n) is 6.45. The van der Waals surface area contributed by atoms with E-state index >= 15 is 0 Å². The summed E-state index contributed by atoms with van der Waals surface area (Å²) in [7, 11) is 0. The molecular formula is C40H43N3. The van der Waals surface area contributed by atoms with E-state index in [1.54, 1.807) is 0 Å². The second-order valence-electron chi connectivity index (χ2n) is 12.5. The van der Waals surface area contributed by atoms with Crippen molar-refractivity contribution in [1.82, 2.24) is 4.98 Å². The molecule has 0 aliphatic carbocycles. The predicted octanol–water partition coefficient (Wildman–Crippen LogP) is 10.6. The topological polar surface area (TPSA) is 37.0 Å². The summed E-state index contributed by atoms with van der Waals surface area (Å²) < 4.78 is 0. The molecule has 0 amide bonds. The Morgan fingerprint density at radius 2 is 1.30 bits per heavy atom. The second kappa shape index (κ2) is 12.5. The Labute approximate surface area is 257 Å². The number of nitrogens with zero attached hydrogens (tertiary/aromatic N) is 1. The number of fused-ring (bicyclic) bond motifs is 1. The van der Waals surface area contributed by atoms with Crippen LogP contribution in [-0.4, -0.2) is 11.0 Å². The van der Waals surface area contributed by atoms with Crippen molar-refractivity contribution < 1.29 is 0 Å². The number of pyridine rings is 1. The van der Waals surface area contributed by atoms with Gasteiger partial charge in [-0.05, 0) is 77.1 Å². The van der Waals surface area contributed by atoms with Crippen molar-refractivity contribution in [2.24, 2.45) is 0 Å². The van der Waals surface area contributed by atoms with Crippen LogP contribution in [0.3, 0.4) is 0 Å². The zero-order valence-corrected chi connectivity index (χ0v) is 26.1. The summed E-state index contributed by atoms with van der Waals surface area (Å²) in [6.07, 6.45) is 2.25. The first kappa shape index (κ1) is 28.7. The number of hydrogen-bond donors (Lipinski definition) is 2. The van der Waals surface area contributed by atoms with Crippen molar-refractivity contribution in [1.29, 1.82) is 0 Å². The number of rotatable bonds is 8. The number of anilines is 2. The largest absolute Gasteiger partial charge is 0.382 e. The van der Waals surface area contributed by atoms with Gasteiger partial charge in [0.15, 0.2) is 0 Å². The molecule has 0 unspecified atom stereocenters. The zero-order chi connectivity index (χ0) is 29.9. The molecule has 0 fully saturated rings. The fraction of sp³-hybridized carbons (Fsp3) is 0.275. The molecule has 3 nitrogen and oxygen atoms in total. The van der Waals surface area contributed by atoms with E-state index in [-0.39, 0.29) is 6.04 Å². The molecule has 43 heavy (non-hydrogen) atoms. The maximum Gasteiger partial charge on any atom is 0.0946 e. The molecule has 218 valence electrons. The lowest BCUT2D eigenvalue weighted by atomic mass is 9.89. The van der Waals surface area contributed by atoms with Gasteiger partial charge in [-0.2, -0.15) is 0 Å². The Kier molecular flexibility index (Phi) is 8.33. The van der Waals surface area contributed by atoms with Gasteiger partial charge in [0.2, 0.25) is 0 Å². The third kappa shape index (κ3) is 5.95. The number of benzene rings is 4. The summed E-state index contributed by atoms with van der Waals surface area (Å²) in [6.45, 7) is 11.4. The highest BCUT2D eigenvalue weighted by Crippen LogP contribution is 2.40. The van der Waals surface area contributed by atoms with Crippen molar-refractivity contribution in [3.63, 3.8) is 0 Å². The van der Waals surface area contributed by atoms with Crippen LogP contribution in [0.1, 0.15) is 86.9 Å². The van der Waals surface area contributed by atoms with Crippen molar-refractivity contribution in [2.45, 2.75) is 71.4 Å². The maximum absolute atomic E-state index is 5.43. The number of nitrogens with one attached hydrogen (secondary N) is 2. The summed E-state index contributed by atoms with van der Waals surface area (Å²) in [5.74, 6) is 0.767. The van der Waals surface area contributed by atoms with Gasteiger partial charge in [0, 0.05) is 23.0 Å². The van der Waals surface area contributed by atoms with E-state index in [4.69, 9.17) is 4.98 Å². The predicted molar refractivity (Wildman–Crippen MR) is 183 cm³/mol. The van der Waals surface area contributed by atoms with E-state index in [1.807, 2.05) is 0 Å². The molecule has 6 rings (SSSR count). The zero-order valence-electron chi connectivity index (χ0n) is 26.1. The monoisotopic (exact) mass is 565 g/mol. The van der Waals surface area contributed by atoms with Crippen molar-refractivity contribution >= 4 is 11.4 Å². The van der Waals surface area contributed by atoms with Crippen LogP contribution in [0.15, 0.2) is 109 Å². The normalized spacial score (nSPS) is 15.2. The highest BCUT2D eigenvalue weighted by Gasteiger charge is 2.25. The summed E-state index contributed by atoms with van der Waals surface area (Å²) in [6, 6.07) is 39.7. The lowest BCUT2D eigenvalue weighted by Crippen LogP contribution is -2.22. The van der Waals surface area contributed by atoms with Crippen molar-refractivity contribution in [3.05, 3.63) is 137 Å². The lowest BCUT2D eigenvalue weighted by molar-refractivity contribution is 0.681. The van der Waals surface area contributed by atoms with Crippen molar-refractivity contribution in [3.8, 4) is 22.4 Å². The third-order valence-corrected chi connectivity index (χ3v) is 8.75. The van der Waals surface area contributed by atoms with Crippen molar-refractivity contribution in [2.75, 3.05) is 10.6 Å². The average molecular weight is 566 g/mol. The Hall–Kier alpha value is -4.37. The summed E-state index contributed by atoms with van der Waals surface area (Å²) in [5.41, 5.74) is 13.3. The molecule has 4 aromatic carbocycles. The van der Waals surface area contributed by atoms with E-state index in [1.165, 1.54) is 50.3 Å². The number of para-hydroxylation sites is 2. The molecule has 2 N–H and O–H groups in total. The standard InChI is InChI=1S/C40H43N3/c1-26(2)31-19-12-20-32(27(3)4)39(31)43-40(34-18-10-9-17-33(34)29-14-7-6-8-15-29)37-23-13-22-36(42-37)35-21-11-16-30-25-24-28(5)41-38(30)35/h6-23,26-28,40-41,43H,24-25H2,1-5H3/t28-,40+/m0/s1. The Bertz CT molecular complexity index is 1680. The number of hydrogen-bond acceptors (Lipinski definition) is 3. The molecule has 3 heteroatoms. The highest BCUT2D eigenvalue weighted by atomic mass is 15.0. The third-order valence-electron chi connectivity index (χ3n) is 8.75. The Morgan fingerprint density at radius 3 is 2.05 bits per heavy atom. The van der Waals surface area contributed by atoms with Crippen LogP contribution in [0.25, 0.3) is 22.4 Å². The summed E-state index contributed by atoms with van der Waals surface area (Å²) >= 11 is 0. The molecule has 0 saturated heterocycles. The lowest BCUT2D eigenvalue weighted by Gasteiger charge is -2.29. The highest BCUT2D eigenvalue weighted by molar-refractivity contribution is 5.79. The van der Waals surface area contributed by atoms with E-state index in [2.05, 4.69) is 154 Å². The summed E-state index contributed by atoms with van der Waals surface area (Å²) in [4.78, 5) is 5.43. The molecule has 1 aromatic heterocycles. The maximum atomic E-state index is 5.43. The first-order chi connectivity index (χ1) is 20.9. The van der Waals surface area contributed by atoms with Crippen LogP contribution in [0, 0.1) is 0 Å². The van der Waals surface area contributed by atoms with Crippen LogP contribution in [0.2, 0.25) is 0 Å². The van der Waals surface area contributed by atoms with Gasteiger partial charge >= 0.3 is 0 Å². The average Bonchev–Trinajstić information content (AvgIpc) is 3.03. The first-order valence-corrected chi connectivity index (χ1v) is 15.8. The van der Waals surface area contributed by atoms with Crippen LogP contribution < -0.4 is 10.6 Å². The fourth-order valence-corrected chi connectivity index (χ4v) is 6.45. The van der Waals surface area contributed by atoms with E-state index < -0.39 is 0 Å². The van der Waals surface area contributed by atoms with Gasteiger partial charge in [-0.15, -0.1) is 0 Å². The van der Waals surface area contributed by atoms with Gasteiger partial charge in [-0.1, -0.05) is 125 Å². The van der Waals surface area contributed by atoms with Crippen LogP contribution in [0.5, 0.6) is 0 Å². The van der Waals surface area contributed by atoms with Gasteiger partial charge in [-0.25, -0.2) is 0 Å². The Morgan fingerprint density at radius 1 is 0.674 bits per heavy atom. The first-order valence-electron chi connectivity index (χ1n) is 15.8. The quantitative estimate of drug-likeness (QED) is 0.196. The van der Waals surface area contributed by atoms with Gasteiger partial charge < -0.3 is 10.6 Å². The molecule has 0 bridgehead atoms. The summed E-state index contributed by atoms with van der Waals surface area (Å²) in [5, 5.41) is 7.85. The van der Waals surface area contributed by atoms with E-state index in [0.29, 0.717) is 17.9 Å². The Balaban J connectivity index is 1.54. The minimum absolute atomic E-state index is 0.153. The van der Waals surface area contributed by atoms with Gasteiger partial charge in [0.05, 0.1) is 17.4 Å². The van der Waals surface area contributed by atoms with Gasteiger partial charge in [0.25, 0.3) is 0 Å². The minimum Gasteiger partial charge on any atom is -0.382 e. The smallest absolute Gasteiger partial charge is 0.0946 e. The minimum atomic E-state index is -0.153. The molecule has 0 spiro atoms. The number of aromatic nitrogens is 1. The van der Waals surface area contributed by atoms with E-state index in [0.717, 1.165) is 24.2 Å². The molecule has 2 atom stereocenters. The molecule has 1 aliphatic heterocycles. The van der Waals surface area contributed by atoms with Gasteiger partial charge in [0.1, 0.15) is 0 Å². The molecule has 0 radical (unpaired) electrons. The number of aryl methyl sites for hydroxylation is 1. The molecular weight excluding hydrogens is 522 g/mol. The van der Waals surface area contributed by atoms with Gasteiger partial charge in [-0.3, -0.25) is 4.98 Å². The van der Waals surface area contributed by atoms with Crippen LogP contribution >= 0.6 is 0 Å². The SMILES string of the molecule is CC(C)c1cccc(C(C)C)c1N[C@@H](c1cccc(-c2cccc3c2N[C@@H](C)CC3)n1)c1ccccc1-c1ccccc1. The molecule has 1 aliphatic rings. The van der Waals surface area contributed by atoms with E-state index in [9.17, 15) is 0 Å². The van der Waals surface area contributed by atoms with Crippen LogP contribution in [0.4, 0.5) is 11.4 Å². The molecule has 0 saturated carbocycles. The second-order valence-corrected chi connectivity index (χ2v) is 12.5. The van der Waals surface area contributed by atoms with Crippen LogP contribution in [-0.2, 0) is 6.42 Å². The molecule has 2 heterocycles. The molecule has 5 aromatic rings.